The second kappa shape index (κ2) is 10.9. The van der Waals surface area contributed by atoms with Crippen molar-refractivity contribution in [2.24, 2.45) is 0 Å². The maximum atomic E-state index is 13.6. The van der Waals surface area contributed by atoms with Crippen molar-refractivity contribution in [3.05, 3.63) is 64.7 Å². The Morgan fingerprint density at radius 3 is 2.51 bits per heavy atom. The number of benzene rings is 2. The highest BCUT2D eigenvalue weighted by atomic mass is 35.5. The Hall–Kier alpha value is -2.75. The SMILES string of the molecule is CC(C)(C)N(C(=O)OC1CC(c2ccccc2)CC1Oc1ccc(C#N)cc1Cl)C1CCCNC1. The van der Waals surface area contributed by atoms with Crippen LogP contribution in [0.2, 0.25) is 5.02 Å². The van der Waals surface area contributed by atoms with Gasteiger partial charge in [0.15, 0.2) is 0 Å². The molecule has 2 aromatic carbocycles. The van der Waals surface area contributed by atoms with E-state index < -0.39 is 6.10 Å². The maximum absolute atomic E-state index is 13.6. The Bertz CT molecular complexity index is 1060. The Kier molecular flexibility index (Phi) is 7.88. The lowest BCUT2D eigenvalue weighted by Crippen LogP contribution is -2.57. The van der Waals surface area contributed by atoms with Crippen molar-refractivity contribution >= 4 is 17.7 Å². The summed E-state index contributed by atoms with van der Waals surface area (Å²) in [6, 6.07) is 17.4. The van der Waals surface area contributed by atoms with Gasteiger partial charge in [0.2, 0.25) is 0 Å². The van der Waals surface area contributed by atoms with E-state index in [1.165, 1.54) is 5.56 Å². The second-order valence-corrected chi connectivity index (χ2v) is 10.9. The van der Waals surface area contributed by atoms with Gasteiger partial charge in [-0.15, -0.1) is 0 Å². The summed E-state index contributed by atoms with van der Waals surface area (Å²) in [6.45, 7) is 7.90. The number of nitriles is 1. The molecule has 0 aromatic heterocycles. The van der Waals surface area contributed by atoms with Gasteiger partial charge in [-0.1, -0.05) is 41.9 Å². The molecule has 2 aromatic rings. The number of hydrogen-bond donors (Lipinski definition) is 1. The third-order valence-corrected chi connectivity index (χ3v) is 7.16. The first-order valence-electron chi connectivity index (χ1n) is 12.4. The van der Waals surface area contributed by atoms with E-state index in [4.69, 9.17) is 26.3 Å². The molecule has 2 aliphatic rings. The fourth-order valence-corrected chi connectivity index (χ4v) is 5.47. The number of ether oxygens (including phenoxy) is 2. The quantitative estimate of drug-likeness (QED) is 0.559. The molecule has 35 heavy (non-hydrogen) atoms. The summed E-state index contributed by atoms with van der Waals surface area (Å²) < 4.78 is 12.5. The molecule has 7 heteroatoms. The summed E-state index contributed by atoms with van der Waals surface area (Å²) in [5.74, 6) is 0.699. The van der Waals surface area contributed by atoms with Crippen LogP contribution in [0.25, 0.3) is 0 Å². The Balaban J connectivity index is 1.56. The Labute approximate surface area is 213 Å². The van der Waals surface area contributed by atoms with Gasteiger partial charge >= 0.3 is 6.09 Å². The minimum Gasteiger partial charge on any atom is -0.485 e. The van der Waals surface area contributed by atoms with E-state index in [0.29, 0.717) is 29.2 Å². The largest absolute Gasteiger partial charge is 0.485 e. The summed E-state index contributed by atoms with van der Waals surface area (Å²) in [5.41, 5.74) is 1.31. The van der Waals surface area contributed by atoms with E-state index in [1.54, 1.807) is 18.2 Å². The van der Waals surface area contributed by atoms with E-state index in [0.717, 1.165) is 25.9 Å². The number of hydrogen-bond acceptors (Lipinski definition) is 5. The molecule has 6 nitrogen and oxygen atoms in total. The highest BCUT2D eigenvalue weighted by Gasteiger charge is 2.42. The third-order valence-electron chi connectivity index (χ3n) is 6.87. The van der Waals surface area contributed by atoms with Gasteiger partial charge in [0.1, 0.15) is 18.0 Å². The van der Waals surface area contributed by atoms with E-state index in [2.05, 4.69) is 44.3 Å². The fraction of sp³-hybridized carbons (Fsp3) is 0.500. The van der Waals surface area contributed by atoms with Gasteiger partial charge in [-0.3, -0.25) is 4.90 Å². The average Bonchev–Trinajstić information content (AvgIpc) is 3.23. The summed E-state index contributed by atoms with van der Waals surface area (Å²) >= 11 is 6.41. The Morgan fingerprint density at radius 2 is 1.89 bits per heavy atom. The Morgan fingerprint density at radius 1 is 1.14 bits per heavy atom. The zero-order valence-corrected chi connectivity index (χ0v) is 21.4. The summed E-state index contributed by atoms with van der Waals surface area (Å²) in [6.07, 6.45) is 2.31. The molecule has 4 rings (SSSR count). The molecule has 1 aliphatic heterocycles. The molecule has 1 amide bonds. The third kappa shape index (κ3) is 6.09. The van der Waals surface area contributed by atoms with Crippen molar-refractivity contribution in [2.75, 3.05) is 13.1 Å². The average molecular weight is 496 g/mol. The molecule has 1 N–H and O–H groups in total. The molecule has 4 atom stereocenters. The number of halogens is 1. The number of carbonyl (C=O) groups is 1. The van der Waals surface area contributed by atoms with Crippen molar-refractivity contribution in [2.45, 2.75) is 76.2 Å². The van der Waals surface area contributed by atoms with Crippen LogP contribution in [0.4, 0.5) is 4.79 Å². The van der Waals surface area contributed by atoms with Crippen LogP contribution in [0.5, 0.6) is 5.75 Å². The monoisotopic (exact) mass is 495 g/mol. The van der Waals surface area contributed by atoms with E-state index >= 15 is 0 Å². The van der Waals surface area contributed by atoms with Gasteiger partial charge < -0.3 is 14.8 Å². The normalized spacial score (nSPS) is 24.4. The summed E-state index contributed by atoms with van der Waals surface area (Å²) in [7, 11) is 0. The first-order valence-corrected chi connectivity index (χ1v) is 12.8. The van der Waals surface area contributed by atoms with Crippen molar-refractivity contribution < 1.29 is 14.3 Å². The number of nitrogens with zero attached hydrogens (tertiary/aromatic N) is 2. The zero-order chi connectivity index (χ0) is 25.0. The van der Waals surface area contributed by atoms with Crippen LogP contribution in [0, 0.1) is 11.3 Å². The lowest BCUT2D eigenvalue weighted by atomic mass is 9.98. The molecule has 0 bridgehead atoms. The van der Waals surface area contributed by atoms with Gasteiger partial charge in [-0.05, 0) is 82.7 Å². The molecule has 1 saturated heterocycles. The van der Waals surface area contributed by atoms with Crippen molar-refractivity contribution in [3.8, 4) is 11.8 Å². The van der Waals surface area contributed by atoms with Crippen molar-refractivity contribution in [1.82, 2.24) is 10.2 Å². The number of carbonyl (C=O) groups excluding carboxylic acids is 1. The lowest BCUT2D eigenvalue weighted by Gasteiger charge is -2.43. The van der Waals surface area contributed by atoms with E-state index in [1.807, 2.05) is 23.1 Å². The summed E-state index contributed by atoms with van der Waals surface area (Å²) in [5, 5.41) is 12.9. The van der Waals surface area contributed by atoms with Crippen LogP contribution in [-0.2, 0) is 4.74 Å². The topological polar surface area (TPSA) is 74.6 Å². The van der Waals surface area contributed by atoms with Crippen LogP contribution in [0.3, 0.4) is 0 Å². The van der Waals surface area contributed by atoms with E-state index in [9.17, 15) is 4.79 Å². The molecule has 0 spiro atoms. The molecule has 4 unspecified atom stereocenters. The first-order chi connectivity index (χ1) is 16.8. The van der Waals surface area contributed by atoms with Crippen LogP contribution in [0.1, 0.15) is 63.5 Å². The van der Waals surface area contributed by atoms with Crippen LogP contribution in [-0.4, -0.2) is 47.9 Å². The standard InChI is InChI=1S/C28H34ClN3O3/c1-28(2,3)32(22-10-7-13-31-18-22)27(33)35-26-16-21(20-8-5-4-6-9-20)15-25(26)34-24-12-11-19(17-30)14-23(24)29/h4-6,8-9,11-12,14,21-22,25-26,31H,7,10,13,15-16,18H2,1-3H3. The van der Waals surface area contributed by atoms with Gasteiger partial charge in [-0.2, -0.15) is 5.26 Å². The van der Waals surface area contributed by atoms with Crippen LogP contribution < -0.4 is 10.1 Å². The molecule has 1 saturated carbocycles. The van der Waals surface area contributed by atoms with Crippen molar-refractivity contribution in [3.63, 3.8) is 0 Å². The number of amides is 1. The fourth-order valence-electron chi connectivity index (χ4n) is 5.25. The lowest BCUT2D eigenvalue weighted by molar-refractivity contribution is -0.0131. The van der Waals surface area contributed by atoms with Gasteiger partial charge in [0, 0.05) is 18.1 Å². The van der Waals surface area contributed by atoms with Crippen molar-refractivity contribution in [1.29, 1.82) is 5.26 Å². The highest BCUT2D eigenvalue weighted by Crippen LogP contribution is 2.40. The number of piperidine rings is 1. The minimum absolute atomic E-state index is 0.0925. The molecule has 2 fully saturated rings. The molecule has 0 radical (unpaired) electrons. The second-order valence-electron chi connectivity index (χ2n) is 10.5. The van der Waals surface area contributed by atoms with Crippen LogP contribution in [0.15, 0.2) is 48.5 Å². The molecular weight excluding hydrogens is 462 g/mol. The molecule has 186 valence electrons. The number of rotatable bonds is 5. The van der Waals surface area contributed by atoms with Gasteiger partial charge in [0.05, 0.1) is 16.7 Å². The van der Waals surface area contributed by atoms with E-state index in [-0.39, 0.29) is 29.7 Å². The predicted molar refractivity (Wildman–Crippen MR) is 137 cm³/mol. The van der Waals surface area contributed by atoms with Gasteiger partial charge in [0.25, 0.3) is 0 Å². The highest BCUT2D eigenvalue weighted by molar-refractivity contribution is 6.32. The number of nitrogens with one attached hydrogen (secondary N) is 1. The zero-order valence-electron chi connectivity index (χ0n) is 20.7. The molecular formula is C28H34ClN3O3. The maximum Gasteiger partial charge on any atom is 0.410 e. The minimum atomic E-state index is -0.416. The summed E-state index contributed by atoms with van der Waals surface area (Å²) in [4.78, 5) is 15.5. The molecule has 1 heterocycles. The van der Waals surface area contributed by atoms with Crippen LogP contribution >= 0.6 is 11.6 Å². The van der Waals surface area contributed by atoms with Gasteiger partial charge in [-0.25, -0.2) is 4.79 Å². The molecule has 1 aliphatic carbocycles. The smallest absolute Gasteiger partial charge is 0.410 e. The first kappa shape index (κ1) is 25.3. The predicted octanol–water partition coefficient (Wildman–Crippen LogP) is 5.89.